The summed E-state index contributed by atoms with van der Waals surface area (Å²) in [5, 5.41) is 8.34. The van der Waals surface area contributed by atoms with Crippen molar-refractivity contribution in [2.75, 3.05) is 5.33 Å². The molecular formula is C13H20BrN3O. The molecule has 100 valence electrons. The number of amides is 1. The molecule has 0 aliphatic heterocycles. The monoisotopic (exact) mass is 313 g/mol. The van der Waals surface area contributed by atoms with Crippen LogP contribution in [0.25, 0.3) is 0 Å². The van der Waals surface area contributed by atoms with Crippen molar-refractivity contribution in [1.82, 2.24) is 15.1 Å². The summed E-state index contributed by atoms with van der Waals surface area (Å²) in [7, 11) is 0. The van der Waals surface area contributed by atoms with Crippen molar-refractivity contribution in [3.63, 3.8) is 0 Å². The number of aryl methyl sites for hydroxylation is 2. The van der Waals surface area contributed by atoms with Crippen molar-refractivity contribution in [1.29, 1.82) is 0 Å². The molecule has 1 aliphatic carbocycles. The molecule has 1 saturated carbocycles. The maximum atomic E-state index is 12.4. The van der Waals surface area contributed by atoms with E-state index in [9.17, 15) is 4.79 Å². The van der Waals surface area contributed by atoms with Crippen molar-refractivity contribution in [3.05, 3.63) is 17.5 Å². The lowest BCUT2D eigenvalue weighted by molar-refractivity contribution is 0.0899. The maximum Gasteiger partial charge on any atom is 0.270 e. The van der Waals surface area contributed by atoms with Crippen LogP contribution in [0.1, 0.15) is 48.8 Å². The van der Waals surface area contributed by atoms with E-state index >= 15 is 0 Å². The van der Waals surface area contributed by atoms with E-state index in [4.69, 9.17) is 0 Å². The molecule has 5 heteroatoms. The molecule has 0 radical (unpaired) electrons. The van der Waals surface area contributed by atoms with E-state index in [1.807, 2.05) is 19.9 Å². The van der Waals surface area contributed by atoms with Gasteiger partial charge < -0.3 is 5.32 Å². The Morgan fingerprint density at radius 3 is 2.78 bits per heavy atom. The van der Waals surface area contributed by atoms with E-state index in [0.717, 1.165) is 30.4 Å². The molecule has 0 unspecified atom stereocenters. The molecule has 1 heterocycles. The van der Waals surface area contributed by atoms with Gasteiger partial charge in [-0.3, -0.25) is 9.48 Å². The van der Waals surface area contributed by atoms with Crippen LogP contribution in [-0.4, -0.2) is 26.6 Å². The Kier molecular flexibility index (Phi) is 4.10. The summed E-state index contributed by atoms with van der Waals surface area (Å²) in [5.74, 6) is -0.00111. The van der Waals surface area contributed by atoms with Crippen LogP contribution < -0.4 is 5.32 Å². The van der Waals surface area contributed by atoms with Gasteiger partial charge in [-0.2, -0.15) is 5.10 Å². The summed E-state index contributed by atoms with van der Waals surface area (Å²) in [5.41, 5.74) is 1.50. The Bertz CT molecular complexity index is 435. The molecule has 1 amide bonds. The molecule has 0 atom stereocenters. The molecule has 0 saturated heterocycles. The van der Waals surface area contributed by atoms with Gasteiger partial charge in [0.1, 0.15) is 5.69 Å². The number of carbonyl (C=O) groups is 1. The zero-order valence-corrected chi connectivity index (χ0v) is 12.6. The van der Waals surface area contributed by atoms with E-state index in [2.05, 4.69) is 26.3 Å². The van der Waals surface area contributed by atoms with Gasteiger partial charge in [0, 0.05) is 11.9 Å². The molecule has 1 aromatic heterocycles. The third-order valence-corrected chi connectivity index (χ3v) is 4.70. The summed E-state index contributed by atoms with van der Waals surface area (Å²) >= 11 is 3.54. The van der Waals surface area contributed by atoms with Crippen LogP contribution >= 0.6 is 15.9 Å². The Hall–Kier alpha value is -0.840. The minimum absolute atomic E-state index is 0.00111. The number of carbonyl (C=O) groups excluding carboxylic acids is 1. The quantitative estimate of drug-likeness (QED) is 0.869. The van der Waals surface area contributed by atoms with E-state index in [0.29, 0.717) is 5.69 Å². The highest BCUT2D eigenvalue weighted by atomic mass is 79.9. The molecule has 4 nitrogen and oxygen atoms in total. The highest BCUT2D eigenvalue weighted by molar-refractivity contribution is 9.09. The number of nitrogens with zero attached hydrogens (tertiary/aromatic N) is 2. The van der Waals surface area contributed by atoms with E-state index in [-0.39, 0.29) is 11.4 Å². The first-order valence-electron chi connectivity index (χ1n) is 6.53. The predicted octanol–water partition coefficient (Wildman–Crippen LogP) is 2.65. The van der Waals surface area contributed by atoms with Crippen LogP contribution in [0.2, 0.25) is 0 Å². The molecule has 0 aromatic carbocycles. The van der Waals surface area contributed by atoms with Crippen LogP contribution in [0.15, 0.2) is 6.07 Å². The molecule has 1 aliphatic rings. The first kappa shape index (κ1) is 13.6. The lowest BCUT2D eigenvalue weighted by Crippen LogP contribution is -2.48. The van der Waals surface area contributed by atoms with E-state index in [1.54, 1.807) is 4.68 Å². The lowest BCUT2D eigenvalue weighted by Gasteiger charge is -2.28. The minimum Gasteiger partial charge on any atom is -0.344 e. The smallest absolute Gasteiger partial charge is 0.270 e. The summed E-state index contributed by atoms with van der Waals surface area (Å²) in [6.07, 6.45) is 4.50. The second kappa shape index (κ2) is 5.43. The van der Waals surface area contributed by atoms with Crippen molar-refractivity contribution in [2.45, 2.75) is 51.6 Å². The van der Waals surface area contributed by atoms with Gasteiger partial charge in [-0.1, -0.05) is 28.8 Å². The number of rotatable bonds is 4. The Labute approximate surface area is 116 Å². The van der Waals surface area contributed by atoms with Gasteiger partial charge in [-0.25, -0.2) is 0 Å². The second-order valence-electron chi connectivity index (χ2n) is 5.06. The van der Waals surface area contributed by atoms with E-state index in [1.165, 1.54) is 12.8 Å². The Morgan fingerprint density at radius 2 is 2.22 bits per heavy atom. The number of hydrogen-bond donors (Lipinski definition) is 1. The molecule has 1 fully saturated rings. The third-order valence-electron chi connectivity index (χ3n) is 3.63. The van der Waals surface area contributed by atoms with Crippen LogP contribution in [0.5, 0.6) is 0 Å². The second-order valence-corrected chi connectivity index (χ2v) is 5.62. The van der Waals surface area contributed by atoms with Crippen molar-refractivity contribution in [3.8, 4) is 0 Å². The van der Waals surface area contributed by atoms with Crippen LogP contribution in [0.4, 0.5) is 0 Å². The maximum absolute atomic E-state index is 12.4. The Balaban J connectivity index is 2.16. The SMILES string of the molecule is CCn1nc(C)cc1C(=O)NC1(CBr)CCCC1. The summed E-state index contributed by atoms with van der Waals surface area (Å²) in [4.78, 5) is 12.4. The predicted molar refractivity (Wildman–Crippen MR) is 75.1 cm³/mol. The standard InChI is InChI=1S/C13H20BrN3O/c1-3-17-11(8-10(2)16-17)12(18)15-13(9-14)6-4-5-7-13/h8H,3-7,9H2,1-2H3,(H,15,18). The molecule has 18 heavy (non-hydrogen) atoms. The number of nitrogens with one attached hydrogen (secondary N) is 1. The molecular weight excluding hydrogens is 294 g/mol. The van der Waals surface area contributed by atoms with Gasteiger partial charge in [0.25, 0.3) is 5.91 Å². The summed E-state index contributed by atoms with van der Waals surface area (Å²) < 4.78 is 1.77. The first-order chi connectivity index (χ1) is 8.60. The largest absolute Gasteiger partial charge is 0.344 e. The highest BCUT2D eigenvalue weighted by Gasteiger charge is 2.35. The van der Waals surface area contributed by atoms with Crippen molar-refractivity contribution >= 4 is 21.8 Å². The molecule has 1 N–H and O–H groups in total. The fraction of sp³-hybridized carbons (Fsp3) is 0.692. The summed E-state index contributed by atoms with van der Waals surface area (Å²) in [6.45, 7) is 4.63. The molecule has 2 rings (SSSR count). The van der Waals surface area contributed by atoms with Gasteiger partial charge in [0.05, 0.1) is 11.2 Å². The summed E-state index contributed by atoms with van der Waals surface area (Å²) in [6, 6.07) is 1.86. The van der Waals surface area contributed by atoms with Gasteiger partial charge >= 0.3 is 0 Å². The van der Waals surface area contributed by atoms with Crippen molar-refractivity contribution < 1.29 is 4.79 Å². The fourth-order valence-corrected chi connectivity index (χ4v) is 3.32. The molecule has 0 spiro atoms. The van der Waals surface area contributed by atoms with Gasteiger partial charge in [0.15, 0.2) is 0 Å². The zero-order chi connectivity index (χ0) is 13.2. The Morgan fingerprint density at radius 1 is 1.56 bits per heavy atom. The number of alkyl halides is 1. The zero-order valence-electron chi connectivity index (χ0n) is 11.0. The number of halogens is 1. The van der Waals surface area contributed by atoms with Gasteiger partial charge in [-0.15, -0.1) is 0 Å². The number of hydrogen-bond acceptors (Lipinski definition) is 2. The average molecular weight is 314 g/mol. The van der Waals surface area contributed by atoms with Crippen LogP contribution in [-0.2, 0) is 6.54 Å². The molecule has 1 aromatic rings. The van der Waals surface area contributed by atoms with E-state index < -0.39 is 0 Å². The van der Waals surface area contributed by atoms with Gasteiger partial charge in [-0.05, 0) is 32.8 Å². The normalized spacial score (nSPS) is 17.9. The van der Waals surface area contributed by atoms with Crippen molar-refractivity contribution in [2.24, 2.45) is 0 Å². The lowest BCUT2D eigenvalue weighted by atomic mass is 10.0. The molecule has 0 bridgehead atoms. The van der Waals surface area contributed by atoms with Gasteiger partial charge in [0.2, 0.25) is 0 Å². The van der Waals surface area contributed by atoms with Crippen LogP contribution in [0, 0.1) is 6.92 Å². The minimum atomic E-state index is -0.0617. The highest BCUT2D eigenvalue weighted by Crippen LogP contribution is 2.31. The average Bonchev–Trinajstić information content (AvgIpc) is 2.96. The third kappa shape index (κ3) is 2.60. The number of aromatic nitrogens is 2. The van der Waals surface area contributed by atoms with Crippen LogP contribution in [0.3, 0.4) is 0 Å². The fourth-order valence-electron chi connectivity index (χ4n) is 2.62. The first-order valence-corrected chi connectivity index (χ1v) is 7.65. The topological polar surface area (TPSA) is 46.9 Å².